The third kappa shape index (κ3) is 3.09. The van der Waals surface area contributed by atoms with Crippen LogP contribution in [0.2, 0.25) is 0 Å². The summed E-state index contributed by atoms with van der Waals surface area (Å²) in [5, 5.41) is 2.65. The first kappa shape index (κ1) is 15.2. The van der Waals surface area contributed by atoms with Gasteiger partial charge in [0.1, 0.15) is 22.1 Å². The van der Waals surface area contributed by atoms with Crippen molar-refractivity contribution in [2.75, 3.05) is 0 Å². The molecule has 116 valence electrons. The van der Waals surface area contributed by atoms with Gasteiger partial charge in [0.05, 0.1) is 0 Å². The monoisotopic (exact) mass is 329 g/mol. The number of nitrogens with one attached hydrogen (secondary N) is 1. The Bertz CT molecular complexity index is 938. The van der Waals surface area contributed by atoms with E-state index in [1.165, 1.54) is 16.5 Å². The summed E-state index contributed by atoms with van der Waals surface area (Å²) >= 11 is 4.11. The minimum Gasteiger partial charge on any atom is -0.347 e. The van der Waals surface area contributed by atoms with Crippen LogP contribution in [0.4, 0.5) is 4.39 Å². The molecule has 0 aliphatic carbocycles. The Labute approximate surface area is 136 Å². The molecule has 0 aliphatic rings. The average Bonchev–Trinajstić information content (AvgIpc) is 2.57. The van der Waals surface area contributed by atoms with Crippen molar-refractivity contribution in [1.29, 1.82) is 0 Å². The number of fused-ring (bicyclic) bond motifs is 1. The van der Waals surface area contributed by atoms with Crippen LogP contribution in [0.3, 0.4) is 0 Å². The summed E-state index contributed by atoms with van der Waals surface area (Å²) in [6.07, 6.45) is 1.56. The van der Waals surface area contributed by atoms with E-state index in [1.807, 2.05) is 0 Å². The number of amides is 1. The van der Waals surface area contributed by atoms with Crippen LogP contribution in [0.5, 0.6) is 0 Å². The molecule has 1 aromatic carbocycles. The van der Waals surface area contributed by atoms with E-state index in [1.54, 1.807) is 36.5 Å². The molecule has 0 radical (unpaired) electrons. The second kappa shape index (κ2) is 6.21. The molecule has 5 nitrogen and oxygen atoms in total. The Morgan fingerprint density at radius 2 is 1.96 bits per heavy atom. The van der Waals surface area contributed by atoms with Crippen LogP contribution in [-0.2, 0) is 6.54 Å². The van der Waals surface area contributed by atoms with E-state index in [0.29, 0.717) is 5.65 Å². The van der Waals surface area contributed by atoms with Gasteiger partial charge < -0.3 is 5.32 Å². The largest absolute Gasteiger partial charge is 0.347 e. The smallest absolute Gasteiger partial charge is 0.272 e. The Kier molecular flexibility index (Phi) is 4.12. The van der Waals surface area contributed by atoms with Gasteiger partial charge >= 0.3 is 0 Å². The zero-order valence-corrected chi connectivity index (χ0v) is 12.8. The predicted molar refractivity (Wildman–Crippen MR) is 86.3 cm³/mol. The SMILES string of the molecule is O=C(NCc1ccc(F)cc1)c1nc2ccccn2c(=O)c1S. The molecule has 0 saturated carbocycles. The highest BCUT2D eigenvalue weighted by molar-refractivity contribution is 7.80. The van der Waals surface area contributed by atoms with Crippen molar-refractivity contribution < 1.29 is 9.18 Å². The molecule has 2 heterocycles. The predicted octanol–water partition coefficient (Wildman–Crippen LogP) is 2.05. The van der Waals surface area contributed by atoms with Gasteiger partial charge in [-0.25, -0.2) is 9.37 Å². The number of thiol groups is 1. The van der Waals surface area contributed by atoms with E-state index in [9.17, 15) is 14.0 Å². The van der Waals surface area contributed by atoms with Gasteiger partial charge in [-0.3, -0.25) is 14.0 Å². The summed E-state index contributed by atoms with van der Waals surface area (Å²) in [7, 11) is 0. The first-order chi connectivity index (χ1) is 11.1. The molecule has 2 aromatic heterocycles. The van der Waals surface area contributed by atoms with Gasteiger partial charge in [0.25, 0.3) is 11.5 Å². The number of pyridine rings is 1. The van der Waals surface area contributed by atoms with E-state index < -0.39 is 11.5 Å². The molecule has 0 fully saturated rings. The van der Waals surface area contributed by atoms with E-state index in [2.05, 4.69) is 22.9 Å². The number of halogens is 1. The third-order valence-corrected chi connectivity index (χ3v) is 3.69. The fourth-order valence-electron chi connectivity index (χ4n) is 2.11. The van der Waals surface area contributed by atoms with Crippen molar-refractivity contribution >= 4 is 24.2 Å². The molecule has 0 spiro atoms. The van der Waals surface area contributed by atoms with Gasteiger partial charge in [0.2, 0.25) is 0 Å². The molecular weight excluding hydrogens is 317 g/mol. The lowest BCUT2D eigenvalue weighted by atomic mass is 10.2. The van der Waals surface area contributed by atoms with Gasteiger partial charge in [0.15, 0.2) is 0 Å². The van der Waals surface area contributed by atoms with Crippen LogP contribution in [-0.4, -0.2) is 15.3 Å². The molecule has 23 heavy (non-hydrogen) atoms. The molecule has 0 saturated heterocycles. The highest BCUT2D eigenvalue weighted by Crippen LogP contribution is 2.09. The third-order valence-electron chi connectivity index (χ3n) is 3.29. The number of nitrogens with zero attached hydrogens (tertiary/aromatic N) is 2. The molecule has 3 aromatic rings. The van der Waals surface area contributed by atoms with E-state index >= 15 is 0 Å². The van der Waals surface area contributed by atoms with E-state index in [4.69, 9.17) is 0 Å². The standard InChI is InChI=1S/C16H12FN3O2S/c17-11-6-4-10(5-7-11)9-18-15(21)13-14(23)16(22)20-8-2-1-3-12(20)19-13/h1-8,23H,9H2,(H,18,21). The van der Waals surface area contributed by atoms with Crippen LogP contribution < -0.4 is 10.9 Å². The lowest BCUT2D eigenvalue weighted by molar-refractivity contribution is 0.0942. The second-order valence-electron chi connectivity index (χ2n) is 4.85. The number of carbonyl (C=O) groups is 1. The summed E-state index contributed by atoms with van der Waals surface area (Å²) in [6.45, 7) is 0.197. The highest BCUT2D eigenvalue weighted by Gasteiger charge is 2.16. The van der Waals surface area contributed by atoms with Crippen molar-refractivity contribution in [2.45, 2.75) is 11.4 Å². The topological polar surface area (TPSA) is 63.5 Å². The summed E-state index contributed by atoms with van der Waals surface area (Å²) in [4.78, 5) is 28.6. The summed E-state index contributed by atoms with van der Waals surface area (Å²) < 4.78 is 14.2. The van der Waals surface area contributed by atoms with E-state index in [-0.39, 0.29) is 23.0 Å². The Morgan fingerprint density at radius 1 is 1.22 bits per heavy atom. The van der Waals surface area contributed by atoms with Crippen molar-refractivity contribution in [3.63, 3.8) is 0 Å². The quantitative estimate of drug-likeness (QED) is 0.723. The first-order valence-electron chi connectivity index (χ1n) is 6.79. The number of rotatable bonds is 3. The van der Waals surface area contributed by atoms with Gasteiger partial charge in [-0.15, -0.1) is 12.6 Å². The maximum absolute atomic E-state index is 12.9. The fraction of sp³-hybridized carbons (Fsp3) is 0.0625. The zero-order valence-electron chi connectivity index (χ0n) is 11.9. The van der Waals surface area contributed by atoms with Crippen LogP contribution in [0.25, 0.3) is 5.65 Å². The molecule has 1 amide bonds. The van der Waals surface area contributed by atoms with E-state index in [0.717, 1.165) is 5.56 Å². The van der Waals surface area contributed by atoms with Crippen LogP contribution in [0, 0.1) is 5.82 Å². The number of hydrogen-bond acceptors (Lipinski definition) is 4. The maximum Gasteiger partial charge on any atom is 0.272 e. The van der Waals surface area contributed by atoms with Crippen molar-refractivity contribution in [2.24, 2.45) is 0 Å². The van der Waals surface area contributed by atoms with Gasteiger partial charge in [-0.2, -0.15) is 0 Å². The molecule has 3 rings (SSSR count). The van der Waals surface area contributed by atoms with Gasteiger partial charge in [0, 0.05) is 12.7 Å². The number of benzene rings is 1. The average molecular weight is 329 g/mol. The maximum atomic E-state index is 12.9. The number of carbonyl (C=O) groups excluding carboxylic acids is 1. The highest BCUT2D eigenvalue weighted by atomic mass is 32.1. The van der Waals surface area contributed by atoms with Crippen molar-refractivity contribution in [3.8, 4) is 0 Å². The lowest BCUT2D eigenvalue weighted by Crippen LogP contribution is -2.28. The number of aromatic nitrogens is 2. The summed E-state index contributed by atoms with van der Waals surface area (Å²) in [5.74, 6) is -0.857. The Balaban J connectivity index is 1.87. The van der Waals surface area contributed by atoms with Crippen LogP contribution >= 0.6 is 12.6 Å². The van der Waals surface area contributed by atoms with Gasteiger partial charge in [-0.05, 0) is 29.8 Å². The van der Waals surface area contributed by atoms with Gasteiger partial charge in [-0.1, -0.05) is 18.2 Å². The first-order valence-corrected chi connectivity index (χ1v) is 7.24. The molecule has 0 unspecified atom stereocenters. The molecular formula is C16H12FN3O2S. The fourth-order valence-corrected chi connectivity index (χ4v) is 2.37. The molecule has 7 heteroatoms. The van der Waals surface area contributed by atoms with Crippen LogP contribution in [0.15, 0.2) is 58.4 Å². The summed E-state index contributed by atoms with van der Waals surface area (Å²) in [5.41, 5.74) is 0.651. The normalized spacial score (nSPS) is 10.7. The minimum absolute atomic E-state index is 0.0229. The lowest BCUT2D eigenvalue weighted by Gasteiger charge is -2.08. The second-order valence-corrected chi connectivity index (χ2v) is 5.30. The van der Waals surface area contributed by atoms with Crippen LogP contribution in [0.1, 0.15) is 16.1 Å². The molecule has 0 atom stereocenters. The number of hydrogen-bond donors (Lipinski definition) is 2. The van der Waals surface area contributed by atoms with Crippen molar-refractivity contribution in [1.82, 2.24) is 14.7 Å². The zero-order chi connectivity index (χ0) is 16.4. The summed E-state index contributed by atoms with van der Waals surface area (Å²) in [6, 6.07) is 10.8. The molecule has 0 aliphatic heterocycles. The minimum atomic E-state index is -0.511. The molecule has 1 N–H and O–H groups in total. The van der Waals surface area contributed by atoms with Crippen molar-refractivity contribution in [3.05, 3.63) is 76.1 Å². The molecule has 0 bridgehead atoms. The Morgan fingerprint density at radius 3 is 2.70 bits per heavy atom. The Hall–Kier alpha value is -2.67.